The first-order valence-electron chi connectivity index (χ1n) is 7.58. The second kappa shape index (κ2) is 8.10. The highest BCUT2D eigenvalue weighted by atomic mass is 19.1. The molecule has 0 heterocycles. The van der Waals surface area contributed by atoms with Gasteiger partial charge in [0.05, 0.1) is 6.61 Å². The number of ether oxygens (including phenoxy) is 2. The predicted octanol–water partition coefficient (Wildman–Crippen LogP) is 2.16. The van der Waals surface area contributed by atoms with Crippen LogP contribution in [0.4, 0.5) is 10.1 Å². The molecule has 0 saturated heterocycles. The third-order valence-electron chi connectivity index (χ3n) is 4.04. The standard InChI is InChI=1S/C16H23FN2O3/c1-21-7-8-22-15-6-5-12(9-14(15)17)19-16(20)13-4-2-3-11(13)10-18/h5-6,9,11,13H,2-4,7-8,10,18H2,1H3,(H,19,20)/t11-,13-/m1/s1. The van der Waals surface area contributed by atoms with Gasteiger partial charge >= 0.3 is 0 Å². The van der Waals surface area contributed by atoms with Gasteiger partial charge in [-0.1, -0.05) is 6.42 Å². The van der Waals surface area contributed by atoms with Crippen LogP contribution in [-0.4, -0.2) is 32.8 Å². The largest absolute Gasteiger partial charge is 0.488 e. The molecule has 3 N–H and O–H groups in total. The summed E-state index contributed by atoms with van der Waals surface area (Å²) >= 11 is 0. The molecule has 0 spiro atoms. The van der Waals surface area contributed by atoms with Crippen molar-refractivity contribution in [3.8, 4) is 5.75 Å². The lowest BCUT2D eigenvalue weighted by atomic mass is 9.95. The van der Waals surface area contributed by atoms with Gasteiger partial charge in [0, 0.05) is 24.8 Å². The maximum absolute atomic E-state index is 13.9. The minimum absolute atomic E-state index is 0.0781. The van der Waals surface area contributed by atoms with Crippen molar-refractivity contribution >= 4 is 11.6 Å². The Balaban J connectivity index is 1.95. The third-order valence-corrected chi connectivity index (χ3v) is 4.04. The van der Waals surface area contributed by atoms with Gasteiger partial charge in [-0.25, -0.2) is 4.39 Å². The maximum atomic E-state index is 13.9. The molecule has 1 fully saturated rings. The van der Waals surface area contributed by atoms with Crippen molar-refractivity contribution in [2.24, 2.45) is 17.6 Å². The lowest BCUT2D eigenvalue weighted by Gasteiger charge is -2.17. The van der Waals surface area contributed by atoms with Gasteiger partial charge in [-0.3, -0.25) is 4.79 Å². The van der Waals surface area contributed by atoms with E-state index < -0.39 is 5.82 Å². The maximum Gasteiger partial charge on any atom is 0.227 e. The Labute approximate surface area is 130 Å². The molecule has 0 aliphatic heterocycles. The third kappa shape index (κ3) is 4.18. The van der Waals surface area contributed by atoms with Gasteiger partial charge in [0.1, 0.15) is 6.61 Å². The Morgan fingerprint density at radius 1 is 1.41 bits per heavy atom. The first-order valence-corrected chi connectivity index (χ1v) is 7.58. The second-order valence-corrected chi connectivity index (χ2v) is 5.51. The Morgan fingerprint density at radius 3 is 2.91 bits per heavy atom. The number of anilines is 1. The number of benzene rings is 1. The second-order valence-electron chi connectivity index (χ2n) is 5.51. The van der Waals surface area contributed by atoms with Crippen LogP contribution < -0.4 is 15.8 Å². The van der Waals surface area contributed by atoms with Crippen LogP contribution in [0.3, 0.4) is 0 Å². The molecular weight excluding hydrogens is 287 g/mol. The number of amides is 1. The van der Waals surface area contributed by atoms with Crippen LogP contribution in [0.2, 0.25) is 0 Å². The molecule has 0 radical (unpaired) electrons. The Kier molecular flexibility index (Phi) is 6.15. The van der Waals surface area contributed by atoms with Crippen LogP contribution in [0.1, 0.15) is 19.3 Å². The fourth-order valence-electron chi connectivity index (χ4n) is 2.83. The minimum Gasteiger partial charge on any atom is -0.488 e. The number of rotatable bonds is 7. The van der Waals surface area contributed by atoms with Gasteiger partial charge in [-0.15, -0.1) is 0 Å². The summed E-state index contributed by atoms with van der Waals surface area (Å²) in [4.78, 5) is 12.3. The van der Waals surface area contributed by atoms with E-state index >= 15 is 0 Å². The summed E-state index contributed by atoms with van der Waals surface area (Å²) in [5.41, 5.74) is 6.13. The fourth-order valence-corrected chi connectivity index (χ4v) is 2.83. The number of nitrogens with one attached hydrogen (secondary N) is 1. The molecule has 0 aromatic heterocycles. The summed E-state index contributed by atoms with van der Waals surface area (Å²) in [7, 11) is 1.55. The van der Waals surface area contributed by atoms with Gasteiger partial charge in [0.25, 0.3) is 0 Å². The van der Waals surface area contributed by atoms with E-state index in [9.17, 15) is 9.18 Å². The zero-order valence-electron chi connectivity index (χ0n) is 12.8. The van der Waals surface area contributed by atoms with Crippen LogP contribution in [0.15, 0.2) is 18.2 Å². The van der Waals surface area contributed by atoms with Crippen LogP contribution in [0, 0.1) is 17.7 Å². The van der Waals surface area contributed by atoms with E-state index in [2.05, 4.69) is 5.32 Å². The van der Waals surface area contributed by atoms with Crippen molar-refractivity contribution in [3.05, 3.63) is 24.0 Å². The van der Waals surface area contributed by atoms with Gasteiger partial charge in [0.2, 0.25) is 5.91 Å². The topological polar surface area (TPSA) is 73.6 Å². The molecule has 1 aromatic carbocycles. The zero-order valence-corrected chi connectivity index (χ0v) is 12.8. The average Bonchev–Trinajstić information content (AvgIpc) is 2.98. The number of halogens is 1. The highest BCUT2D eigenvalue weighted by molar-refractivity contribution is 5.93. The first-order chi connectivity index (χ1) is 10.7. The number of hydrogen-bond donors (Lipinski definition) is 2. The van der Waals surface area contributed by atoms with E-state index in [1.807, 2.05) is 0 Å². The monoisotopic (exact) mass is 310 g/mol. The number of methoxy groups -OCH3 is 1. The normalized spacial score (nSPS) is 20.9. The summed E-state index contributed by atoms with van der Waals surface area (Å²) in [6.07, 6.45) is 2.84. The van der Waals surface area contributed by atoms with E-state index in [0.717, 1.165) is 19.3 Å². The molecule has 1 aromatic rings. The zero-order chi connectivity index (χ0) is 15.9. The van der Waals surface area contributed by atoms with Crippen molar-refractivity contribution < 1.29 is 18.7 Å². The SMILES string of the molecule is COCCOc1ccc(NC(=O)[C@@H]2CCC[C@@H]2CN)cc1F. The highest BCUT2D eigenvalue weighted by Crippen LogP contribution is 2.32. The van der Waals surface area contributed by atoms with Crippen molar-refractivity contribution in [3.63, 3.8) is 0 Å². The van der Waals surface area contributed by atoms with Crippen molar-refractivity contribution in [1.82, 2.24) is 0 Å². The molecule has 1 amide bonds. The lowest BCUT2D eigenvalue weighted by molar-refractivity contribution is -0.120. The average molecular weight is 310 g/mol. The molecule has 2 rings (SSSR count). The molecule has 0 bridgehead atoms. The molecule has 122 valence electrons. The van der Waals surface area contributed by atoms with Crippen LogP contribution >= 0.6 is 0 Å². The molecule has 1 aliphatic carbocycles. The lowest BCUT2D eigenvalue weighted by Crippen LogP contribution is -2.29. The molecule has 1 saturated carbocycles. The smallest absolute Gasteiger partial charge is 0.227 e. The number of carbonyl (C=O) groups excluding carboxylic acids is 1. The summed E-state index contributed by atoms with van der Waals surface area (Å²) in [6.45, 7) is 1.18. The van der Waals surface area contributed by atoms with Gasteiger partial charge in [0.15, 0.2) is 11.6 Å². The predicted molar refractivity (Wildman–Crippen MR) is 82.3 cm³/mol. The Hall–Kier alpha value is -1.66. The Morgan fingerprint density at radius 2 is 2.23 bits per heavy atom. The summed E-state index contributed by atoms with van der Waals surface area (Å²) in [5.74, 6) is -0.293. The van der Waals surface area contributed by atoms with E-state index in [1.165, 1.54) is 12.1 Å². The van der Waals surface area contributed by atoms with E-state index in [4.69, 9.17) is 15.2 Å². The van der Waals surface area contributed by atoms with Crippen molar-refractivity contribution in [2.75, 3.05) is 32.2 Å². The molecular formula is C16H23FN2O3. The fraction of sp³-hybridized carbons (Fsp3) is 0.562. The van der Waals surface area contributed by atoms with E-state index in [0.29, 0.717) is 18.8 Å². The number of hydrogen-bond acceptors (Lipinski definition) is 4. The summed E-state index contributed by atoms with van der Waals surface area (Å²) in [5, 5.41) is 2.77. The van der Waals surface area contributed by atoms with E-state index in [-0.39, 0.29) is 30.1 Å². The van der Waals surface area contributed by atoms with Crippen molar-refractivity contribution in [2.45, 2.75) is 19.3 Å². The molecule has 6 heteroatoms. The number of carbonyl (C=O) groups is 1. The molecule has 2 atom stereocenters. The van der Waals surface area contributed by atoms with Crippen LogP contribution in [0.5, 0.6) is 5.75 Å². The van der Waals surface area contributed by atoms with Crippen LogP contribution in [0.25, 0.3) is 0 Å². The van der Waals surface area contributed by atoms with Gasteiger partial charge < -0.3 is 20.5 Å². The van der Waals surface area contributed by atoms with E-state index in [1.54, 1.807) is 13.2 Å². The van der Waals surface area contributed by atoms with Crippen molar-refractivity contribution in [1.29, 1.82) is 0 Å². The molecule has 22 heavy (non-hydrogen) atoms. The molecule has 0 unspecified atom stereocenters. The summed E-state index contributed by atoms with van der Waals surface area (Å²) < 4.78 is 24.0. The minimum atomic E-state index is -0.504. The first kappa shape index (κ1) is 16.7. The van der Waals surface area contributed by atoms with Crippen LogP contribution in [-0.2, 0) is 9.53 Å². The van der Waals surface area contributed by atoms with Gasteiger partial charge in [-0.2, -0.15) is 0 Å². The molecule has 1 aliphatic rings. The highest BCUT2D eigenvalue weighted by Gasteiger charge is 2.31. The van der Waals surface area contributed by atoms with Gasteiger partial charge in [-0.05, 0) is 37.4 Å². The molecule has 5 nitrogen and oxygen atoms in total. The number of nitrogens with two attached hydrogens (primary N) is 1. The quantitative estimate of drug-likeness (QED) is 0.757. The Bertz CT molecular complexity index is 510. The summed E-state index contributed by atoms with van der Waals surface area (Å²) in [6, 6.07) is 4.41.